The molecular weight excluding hydrogens is 294 g/mol. The molecule has 5 heteroatoms. The number of aromatic nitrogens is 1. The average molecular weight is 317 g/mol. The summed E-state index contributed by atoms with van der Waals surface area (Å²) in [4.78, 5) is 19.2. The van der Waals surface area contributed by atoms with Gasteiger partial charge in [0.25, 0.3) is 0 Å². The fourth-order valence-electron chi connectivity index (χ4n) is 2.67. The summed E-state index contributed by atoms with van der Waals surface area (Å²) < 4.78 is 1.22. The van der Waals surface area contributed by atoms with Crippen LogP contribution in [-0.4, -0.2) is 30.0 Å². The van der Waals surface area contributed by atoms with E-state index in [1.807, 2.05) is 32.9 Å². The maximum atomic E-state index is 12.2. The normalized spacial score (nSPS) is 19.4. The van der Waals surface area contributed by atoms with Crippen LogP contribution in [0.5, 0.6) is 0 Å². The van der Waals surface area contributed by atoms with Gasteiger partial charge in [-0.1, -0.05) is 44.2 Å². The second-order valence-corrected chi connectivity index (χ2v) is 7.98. The third-order valence-electron chi connectivity index (χ3n) is 3.99. The Balaban J connectivity index is 1.71. The van der Waals surface area contributed by atoms with Gasteiger partial charge in [0, 0.05) is 24.5 Å². The van der Waals surface area contributed by atoms with Crippen LogP contribution in [0.2, 0.25) is 0 Å². The van der Waals surface area contributed by atoms with Crippen molar-refractivity contribution in [3.05, 3.63) is 24.3 Å². The smallest absolute Gasteiger partial charge is 0.225 e. The third-order valence-corrected chi connectivity index (χ3v) is 5.09. The molecular formula is C17H23N3OS. The molecule has 1 atom stereocenters. The first-order valence-corrected chi connectivity index (χ1v) is 8.66. The molecule has 1 aliphatic rings. The number of rotatable bonds is 2. The van der Waals surface area contributed by atoms with Gasteiger partial charge in [0.1, 0.15) is 0 Å². The number of carbonyl (C=O) groups is 1. The summed E-state index contributed by atoms with van der Waals surface area (Å²) in [7, 11) is 0. The van der Waals surface area contributed by atoms with E-state index in [1.165, 1.54) is 4.70 Å². The van der Waals surface area contributed by atoms with Crippen molar-refractivity contribution in [2.75, 3.05) is 18.0 Å². The van der Waals surface area contributed by atoms with Gasteiger partial charge in [-0.3, -0.25) is 4.79 Å². The standard InChI is InChI=1S/C17H23N3OS/c1-17(2,3)15(21)18-12-7-6-10-20(11-12)16-19-13-8-4-5-9-14(13)22-16/h4-5,8-9,12H,6-7,10-11H2,1-3H3,(H,18,21). The Hall–Kier alpha value is -1.62. The Morgan fingerprint density at radius 1 is 1.36 bits per heavy atom. The summed E-state index contributed by atoms with van der Waals surface area (Å²) in [5.74, 6) is 0.128. The minimum absolute atomic E-state index is 0.128. The number of para-hydroxylation sites is 1. The van der Waals surface area contributed by atoms with Crippen molar-refractivity contribution in [3.8, 4) is 0 Å². The predicted octanol–water partition coefficient (Wildman–Crippen LogP) is 3.43. The zero-order chi connectivity index (χ0) is 15.7. The van der Waals surface area contributed by atoms with Crippen molar-refractivity contribution in [2.24, 2.45) is 5.41 Å². The number of anilines is 1. The molecule has 3 rings (SSSR count). The van der Waals surface area contributed by atoms with Gasteiger partial charge in [-0.25, -0.2) is 4.98 Å². The van der Waals surface area contributed by atoms with E-state index < -0.39 is 0 Å². The van der Waals surface area contributed by atoms with Crippen LogP contribution < -0.4 is 10.2 Å². The summed E-state index contributed by atoms with van der Waals surface area (Å²) in [5, 5.41) is 4.25. The zero-order valence-electron chi connectivity index (χ0n) is 13.4. The van der Waals surface area contributed by atoms with Crippen LogP contribution in [0, 0.1) is 5.41 Å². The highest BCUT2D eigenvalue weighted by atomic mass is 32.1. The lowest BCUT2D eigenvalue weighted by molar-refractivity contribution is -0.129. The summed E-state index contributed by atoms with van der Waals surface area (Å²) in [5.41, 5.74) is 0.723. The monoisotopic (exact) mass is 317 g/mol. The van der Waals surface area contributed by atoms with Crippen LogP contribution in [-0.2, 0) is 4.79 Å². The highest BCUT2D eigenvalue weighted by molar-refractivity contribution is 7.22. The van der Waals surface area contributed by atoms with Crippen LogP contribution in [0.3, 0.4) is 0 Å². The number of benzene rings is 1. The molecule has 2 aromatic rings. The average Bonchev–Trinajstić information content (AvgIpc) is 2.90. The molecule has 0 aliphatic carbocycles. The molecule has 4 nitrogen and oxygen atoms in total. The summed E-state index contributed by atoms with van der Waals surface area (Å²) in [6.07, 6.45) is 2.13. The molecule has 1 saturated heterocycles. The largest absolute Gasteiger partial charge is 0.351 e. The lowest BCUT2D eigenvalue weighted by Gasteiger charge is -2.34. The van der Waals surface area contributed by atoms with Gasteiger partial charge in [0.05, 0.1) is 10.2 Å². The molecule has 0 saturated carbocycles. The number of thiazole rings is 1. The molecule has 22 heavy (non-hydrogen) atoms. The first-order valence-electron chi connectivity index (χ1n) is 7.85. The number of nitrogens with one attached hydrogen (secondary N) is 1. The number of hydrogen-bond donors (Lipinski definition) is 1. The molecule has 1 aromatic heterocycles. The number of amides is 1. The molecule has 1 aliphatic heterocycles. The van der Waals surface area contributed by atoms with Gasteiger partial charge < -0.3 is 10.2 Å². The lowest BCUT2D eigenvalue weighted by atomic mass is 9.94. The van der Waals surface area contributed by atoms with E-state index in [9.17, 15) is 4.79 Å². The van der Waals surface area contributed by atoms with Crippen LogP contribution >= 0.6 is 11.3 Å². The predicted molar refractivity (Wildman–Crippen MR) is 92.5 cm³/mol. The van der Waals surface area contributed by atoms with Crippen LogP contribution in [0.15, 0.2) is 24.3 Å². The first kappa shape index (κ1) is 15.3. The molecule has 0 spiro atoms. The fourth-order valence-corrected chi connectivity index (χ4v) is 3.67. The fraction of sp³-hybridized carbons (Fsp3) is 0.529. The lowest BCUT2D eigenvalue weighted by Crippen LogP contribution is -2.50. The summed E-state index contributed by atoms with van der Waals surface area (Å²) >= 11 is 1.73. The van der Waals surface area contributed by atoms with Crippen molar-refractivity contribution in [1.29, 1.82) is 0 Å². The van der Waals surface area contributed by atoms with Crippen LogP contribution in [0.1, 0.15) is 33.6 Å². The van der Waals surface area contributed by atoms with E-state index in [-0.39, 0.29) is 17.4 Å². The van der Waals surface area contributed by atoms with E-state index in [0.29, 0.717) is 0 Å². The molecule has 1 unspecified atom stereocenters. The molecule has 1 aromatic carbocycles. The van der Waals surface area contributed by atoms with Gasteiger partial charge in [-0.05, 0) is 25.0 Å². The van der Waals surface area contributed by atoms with E-state index in [0.717, 1.165) is 36.6 Å². The quantitative estimate of drug-likeness (QED) is 0.923. The number of nitrogens with zero attached hydrogens (tertiary/aromatic N) is 2. The van der Waals surface area contributed by atoms with Crippen molar-refractivity contribution in [1.82, 2.24) is 10.3 Å². The SMILES string of the molecule is CC(C)(C)C(=O)NC1CCCN(c2nc3ccccc3s2)C1. The second-order valence-electron chi connectivity index (χ2n) is 6.97. The Kier molecular flexibility index (Phi) is 4.08. The van der Waals surface area contributed by atoms with E-state index in [4.69, 9.17) is 4.98 Å². The number of hydrogen-bond acceptors (Lipinski definition) is 4. The van der Waals surface area contributed by atoms with Crippen molar-refractivity contribution in [3.63, 3.8) is 0 Å². The zero-order valence-corrected chi connectivity index (χ0v) is 14.2. The van der Waals surface area contributed by atoms with Gasteiger partial charge >= 0.3 is 0 Å². The maximum Gasteiger partial charge on any atom is 0.225 e. The number of fused-ring (bicyclic) bond motifs is 1. The van der Waals surface area contributed by atoms with Crippen molar-refractivity contribution < 1.29 is 4.79 Å². The second kappa shape index (κ2) is 5.88. The Labute approximate surface area is 135 Å². The summed E-state index contributed by atoms with van der Waals surface area (Å²) in [6, 6.07) is 8.45. The molecule has 0 radical (unpaired) electrons. The molecule has 0 bridgehead atoms. The van der Waals surface area contributed by atoms with Gasteiger partial charge in [-0.2, -0.15) is 0 Å². The minimum Gasteiger partial charge on any atom is -0.351 e. The van der Waals surface area contributed by atoms with Gasteiger partial charge in [-0.15, -0.1) is 0 Å². The van der Waals surface area contributed by atoms with Crippen LogP contribution in [0.4, 0.5) is 5.13 Å². The topological polar surface area (TPSA) is 45.2 Å². The number of carbonyl (C=O) groups excluding carboxylic acids is 1. The first-order chi connectivity index (χ1) is 10.4. The highest BCUT2D eigenvalue weighted by Gasteiger charge is 2.27. The minimum atomic E-state index is -0.335. The van der Waals surface area contributed by atoms with Crippen LogP contribution in [0.25, 0.3) is 10.2 Å². The Morgan fingerprint density at radius 2 is 2.14 bits per heavy atom. The molecule has 118 valence electrons. The molecule has 1 amide bonds. The van der Waals surface area contributed by atoms with E-state index in [1.54, 1.807) is 11.3 Å². The van der Waals surface area contributed by atoms with Gasteiger partial charge in [0.2, 0.25) is 5.91 Å². The molecule has 2 heterocycles. The van der Waals surface area contributed by atoms with E-state index in [2.05, 4.69) is 22.3 Å². The van der Waals surface area contributed by atoms with Crippen molar-refractivity contribution in [2.45, 2.75) is 39.7 Å². The van der Waals surface area contributed by atoms with Gasteiger partial charge in [0.15, 0.2) is 5.13 Å². The molecule has 1 N–H and O–H groups in total. The summed E-state index contributed by atoms with van der Waals surface area (Å²) in [6.45, 7) is 7.73. The highest BCUT2D eigenvalue weighted by Crippen LogP contribution is 2.30. The molecule has 1 fully saturated rings. The maximum absolute atomic E-state index is 12.2. The Bertz CT molecular complexity index is 641. The Morgan fingerprint density at radius 3 is 2.86 bits per heavy atom. The third kappa shape index (κ3) is 3.24. The number of piperidine rings is 1. The van der Waals surface area contributed by atoms with E-state index >= 15 is 0 Å². The van der Waals surface area contributed by atoms with Crippen molar-refractivity contribution >= 4 is 32.6 Å².